The lowest BCUT2D eigenvalue weighted by Crippen LogP contribution is -1.97. The summed E-state index contributed by atoms with van der Waals surface area (Å²) in [5.41, 5.74) is -0.104. The predicted molar refractivity (Wildman–Crippen MR) is 42.8 cm³/mol. The van der Waals surface area contributed by atoms with Crippen LogP contribution in [0.4, 0.5) is 0 Å². The Morgan fingerprint density at radius 1 is 1.45 bits per heavy atom. The summed E-state index contributed by atoms with van der Waals surface area (Å²) >= 11 is 3.01. The number of phenols is 1. The number of carbonyl (C=O) groups is 1. The number of rotatable bonds is 1. The minimum Gasteiger partial charge on any atom is -0.507 e. The second-order valence-corrected chi connectivity index (χ2v) is 2.79. The Kier molecular flexibility index (Phi) is 2.14. The molecule has 0 fully saturated rings. The zero-order valence-corrected chi connectivity index (χ0v) is 7.00. The van der Waals surface area contributed by atoms with Crippen molar-refractivity contribution in [3.63, 3.8) is 0 Å². The molecule has 1 aromatic carbocycles. The zero-order valence-electron chi connectivity index (χ0n) is 5.41. The second kappa shape index (κ2) is 2.92. The maximum Gasteiger partial charge on any atom is 0.340 e. The first-order valence-electron chi connectivity index (χ1n) is 2.83. The first-order chi connectivity index (χ1) is 5.13. The van der Waals surface area contributed by atoms with E-state index in [0.717, 1.165) is 0 Å². The predicted octanol–water partition coefficient (Wildman–Crippen LogP) is 1.85. The van der Waals surface area contributed by atoms with Crippen LogP contribution in [0.3, 0.4) is 0 Å². The fourth-order valence-corrected chi connectivity index (χ4v) is 1.25. The van der Waals surface area contributed by atoms with E-state index in [2.05, 4.69) is 15.9 Å². The van der Waals surface area contributed by atoms with Crippen molar-refractivity contribution in [2.45, 2.75) is 0 Å². The summed E-state index contributed by atoms with van der Waals surface area (Å²) in [6.45, 7) is 0. The Morgan fingerprint density at radius 2 is 2.09 bits per heavy atom. The molecule has 0 aliphatic rings. The molecule has 0 saturated heterocycles. The maximum absolute atomic E-state index is 10.5. The van der Waals surface area contributed by atoms with Crippen molar-refractivity contribution < 1.29 is 15.0 Å². The van der Waals surface area contributed by atoms with Crippen LogP contribution in [0, 0.1) is 0 Å². The molecule has 0 radical (unpaired) electrons. The number of hydrogen-bond donors (Lipinski definition) is 2. The fraction of sp³-hybridized carbons (Fsp3) is 0. The van der Waals surface area contributed by atoms with Gasteiger partial charge in [0.25, 0.3) is 0 Å². The van der Waals surface area contributed by atoms with Gasteiger partial charge in [0, 0.05) is 4.47 Å². The number of aromatic hydroxyl groups is 1. The van der Waals surface area contributed by atoms with Gasteiger partial charge in [-0.2, -0.15) is 0 Å². The summed E-state index contributed by atoms with van der Waals surface area (Å²) in [4.78, 5) is 10.5. The molecule has 11 heavy (non-hydrogen) atoms. The van der Waals surface area contributed by atoms with Gasteiger partial charge in [-0.3, -0.25) is 0 Å². The molecular weight excluding hydrogens is 212 g/mol. The van der Waals surface area contributed by atoms with Gasteiger partial charge in [0.05, 0.1) is 0 Å². The maximum atomic E-state index is 10.5. The first-order valence-corrected chi connectivity index (χ1v) is 3.63. The van der Waals surface area contributed by atoms with Gasteiger partial charge in [0.15, 0.2) is 0 Å². The number of carboxylic acids is 1. The number of aromatic carboxylic acids is 1. The second-order valence-electron chi connectivity index (χ2n) is 1.94. The standard InChI is InChI=1S/C7H5BrO3/c8-4-2-1-3-5(9)6(4)7(10)11/h1-3,9H,(H,10,11). The SMILES string of the molecule is O=C(O)c1c(O)cccc1Br. The largest absolute Gasteiger partial charge is 0.507 e. The smallest absolute Gasteiger partial charge is 0.340 e. The van der Waals surface area contributed by atoms with Crippen molar-refractivity contribution >= 4 is 21.9 Å². The molecule has 1 aromatic rings. The normalized spacial score (nSPS) is 9.55. The van der Waals surface area contributed by atoms with Crippen LogP contribution in [-0.2, 0) is 0 Å². The van der Waals surface area contributed by atoms with Crippen LogP contribution in [-0.4, -0.2) is 16.2 Å². The minimum absolute atomic E-state index is 0.104. The molecule has 0 spiro atoms. The lowest BCUT2D eigenvalue weighted by Gasteiger charge is -1.99. The molecule has 1 rings (SSSR count). The van der Waals surface area contributed by atoms with Crippen molar-refractivity contribution in [3.05, 3.63) is 28.2 Å². The molecule has 0 bridgehead atoms. The van der Waals surface area contributed by atoms with Gasteiger partial charge in [0.1, 0.15) is 11.3 Å². The summed E-state index contributed by atoms with van der Waals surface area (Å²) in [6, 6.07) is 4.45. The van der Waals surface area contributed by atoms with Gasteiger partial charge in [0.2, 0.25) is 0 Å². The van der Waals surface area contributed by atoms with Gasteiger partial charge in [-0.1, -0.05) is 6.07 Å². The molecule has 2 N–H and O–H groups in total. The van der Waals surface area contributed by atoms with Crippen molar-refractivity contribution in [1.29, 1.82) is 0 Å². The average Bonchev–Trinajstić information content (AvgIpc) is 1.85. The third-order valence-corrected chi connectivity index (χ3v) is 1.87. The van der Waals surface area contributed by atoms with Gasteiger partial charge < -0.3 is 10.2 Å². The molecule has 0 aromatic heterocycles. The van der Waals surface area contributed by atoms with Crippen molar-refractivity contribution in [1.82, 2.24) is 0 Å². The zero-order chi connectivity index (χ0) is 8.43. The lowest BCUT2D eigenvalue weighted by molar-refractivity contribution is 0.0692. The van der Waals surface area contributed by atoms with Crippen LogP contribution in [0.2, 0.25) is 0 Å². The molecule has 0 amide bonds. The van der Waals surface area contributed by atoms with Crippen LogP contribution < -0.4 is 0 Å². The Labute approximate surface area is 71.4 Å². The molecule has 0 aliphatic heterocycles. The molecule has 0 saturated carbocycles. The molecular formula is C7H5BrO3. The van der Waals surface area contributed by atoms with E-state index < -0.39 is 5.97 Å². The van der Waals surface area contributed by atoms with E-state index in [9.17, 15) is 4.79 Å². The third-order valence-electron chi connectivity index (χ3n) is 1.21. The summed E-state index contributed by atoms with van der Waals surface area (Å²) in [6.07, 6.45) is 0. The van der Waals surface area contributed by atoms with Crippen LogP contribution >= 0.6 is 15.9 Å². The molecule has 58 valence electrons. The van der Waals surface area contributed by atoms with Gasteiger partial charge in [-0.05, 0) is 28.1 Å². The first kappa shape index (κ1) is 8.07. The topological polar surface area (TPSA) is 57.5 Å². The van der Waals surface area contributed by atoms with Gasteiger partial charge in [-0.15, -0.1) is 0 Å². The highest BCUT2D eigenvalue weighted by Crippen LogP contribution is 2.24. The molecule has 3 nitrogen and oxygen atoms in total. The summed E-state index contributed by atoms with van der Waals surface area (Å²) in [7, 11) is 0. The van der Waals surface area contributed by atoms with Crippen molar-refractivity contribution in [2.75, 3.05) is 0 Å². The van der Waals surface area contributed by atoms with E-state index in [1.54, 1.807) is 12.1 Å². The number of carboxylic acid groups (broad SMARTS) is 1. The van der Waals surface area contributed by atoms with Crippen molar-refractivity contribution in [3.8, 4) is 5.75 Å². The molecule has 4 heteroatoms. The molecule has 0 heterocycles. The van der Waals surface area contributed by atoms with E-state index >= 15 is 0 Å². The highest BCUT2D eigenvalue weighted by atomic mass is 79.9. The Hall–Kier alpha value is -1.03. The Balaban J connectivity index is 3.32. The molecule has 0 atom stereocenters. The number of benzene rings is 1. The van der Waals surface area contributed by atoms with Crippen LogP contribution in [0.5, 0.6) is 5.75 Å². The summed E-state index contributed by atoms with van der Waals surface area (Å²) in [5, 5.41) is 17.6. The van der Waals surface area contributed by atoms with Crippen LogP contribution in [0.15, 0.2) is 22.7 Å². The average molecular weight is 217 g/mol. The Morgan fingerprint density at radius 3 is 2.45 bits per heavy atom. The minimum atomic E-state index is -1.14. The molecule has 0 unspecified atom stereocenters. The summed E-state index contributed by atoms with van der Waals surface area (Å²) in [5.74, 6) is -1.37. The van der Waals surface area contributed by atoms with Crippen molar-refractivity contribution in [2.24, 2.45) is 0 Å². The van der Waals surface area contributed by atoms with Crippen LogP contribution in [0.1, 0.15) is 10.4 Å². The summed E-state index contributed by atoms with van der Waals surface area (Å²) < 4.78 is 0.380. The van der Waals surface area contributed by atoms with E-state index in [-0.39, 0.29) is 11.3 Å². The number of halogens is 1. The fourth-order valence-electron chi connectivity index (χ4n) is 0.724. The highest BCUT2D eigenvalue weighted by Gasteiger charge is 2.12. The van der Waals surface area contributed by atoms with Gasteiger partial charge >= 0.3 is 5.97 Å². The quantitative estimate of drug-likeness (QED) is 0.754. The van der Waals surface area contributed by atoms with E-state index in [1.807, 2.05) is 0 Å². The number of hydrogen-bond acceptors (Lipinski definition) is 2. The van der Waals surface area contributed by atoms with E-state index in [1.165, 1.54) is 6.07 Å². The Bertz CT molecular complexity index is 275. The third kappa shape index (κ3) is 1.51. The monoisotopic (exact) mass is 216 g/mol. The van der Waals surface area contributed by atoms with Crippen LogP contribution in [0.25, 0.3) is 0 Å². The van der Waals surface area contributed by atoms with E-state index in [0.29, 0.717) is 4.47 Å². The van der Waals surface area contributed by atoms with Gasteiger partial charge in [-0.25, -0.2) is 4.79 Å². The lowest BCUT2D eigenvalue weighted by atomic mass is 10.2. The molecule has 0 aliphatic carbocycles. The highest BCUT2D eigenvalue weighted by molar-refractivity contribution is 9.10. The van der Waals surface area contributed by atoms with E-state index in [4.69, 9.17) is 10.2 Å².